The van der Waals surface area contributed by atoms with Crippen LogP contribution in [0.5, 0.6) is 11.5 Å². The topological polar surface area (TPSA) is 55.8 Å². The van der Waals surface area contributed by atoms with Gasteiger partial charge in [-0.3, -0.25) is 0 Å². The number of ether oxygens (including phenoxy) is 2. The molecule has 0 spiro atoms. The molecule has 0 bridgehead atoms. The minimum absolute atomic E-state index is 0.0845. The van der Waals surface area contributed by atoms with E-state index in [1.54, 1.807) is 12.1 Å². The van der Waals surface area contributed by atoms with Crippen LogP contribution in [0.2, 0.25) is 0 Å². The maximum absolute atomic E-state index is 13.6. The molecule has 0 heterocycles. The maximum atomic E-state index is 13.6. The molecule has 146 valence electrons. The zero-order valence-corrected chi connectivity index (χ0v) is 16.7. The molecule has 0 aliphatic rings. The van der Waals surface area contributed by atoms with Crippen molar-refractivity contribution in [3.63, 3.8) is 0 Å². The molecule has 0 aliphatic heterocycles. The Hall–Kier alpha value is -2.83. The SMILES string of the molecule is COc1ccc(OC)c(S(=O)(=O)N(Cc2ccccc2)Cc2ccccc2)c1. The second-order valence-electron chi connectivity index (χ2n) is 6.26. The molecule has 3 rings (SSSR count). The number of sulfonamides is 1. The number of methoxy groups -OCH3 is 2. The van der Waals surface area contributed by atoms with E-state index in [2.05, 4.69) is 0 Å². The molecule has 6 heteroatoms. The van der Waals surface area contributed by atoms with Crippen LogP contribution in [0.3, 0.4) is 0 Å². The number of rotatable bonds is 8. The molecule has 0 saturated heterocycles. The van der Waals surface area contributed by atoms with Crippen LogP contribution in [0.25, 0.3) is 0 Å². The van der Waals surface area contributed by atoms with Gasteiger partial charge in [-0.25, -0.2) is 8.42 Å². The number of hydrogen-bond acceptors (Lipinski definition) is 4. The van der Waals surface area contributed by atoms with Gasteiger partial charge in [-0.05, 0) is 23.3 Å². The summed E-state index contributed by atoms with van der Waals surface area (Å²) >= 11 is 0. The molecule has 0 saturated carbocycles. The highest BCUT2D eigenvalue weighted by Crippen LogP contribution is 2.32. The molecular weight excluding hydrogens is 374 g/mol. The van der Waals surface area contributed by atoms with E-state index in [-0.39, 0.29) is 23.7 Å². The lowest BCUT2D eigenvalue weighted by atomic mass is 10.2. The first-order valence-corrected chi connectivity index (χ1v) is 10.3. The van der Waals surface area contributed by atoms with Gasteiger partial charge in [-0.1, -0.05) is 60.7 Å². The Balaban J connectivity index is 2.05. The average molecular weight is 397 g/mol. The molecule has 5 nitrogen and oxygen atoms in total. The fourth-order valence-corrected chi connectivity index (χ4v) is 4.51. The van der Waals surface area contributed by atoms with Gasteiger partial charge in [-0.2, -0.15) is 4.31 Å². The van der Waals surface area contributed by atoms with Crippen LogP contribution >= 0.6 is 0 Å². The predicted octanol–water partition coefficient (Wildman–Crippen LogP) is 4.09. The molecule has 3 aromatic carbocycles. The minimum atomic E-state index is -3.84. The summed E-state index contributed by atoms with van der Waals surface area (Å²) in [7, 11) is -0.883. The second kappa shape index (κ2) is 8.91. The van der Waals surface area contributed by atoms with Crippen LogP contribution in [-0.4, -0.2) is 26.9 Å². The Morgan fingerprint density at radius 3 is 1.75 bits per heavy atom. The normalized spacial score (nSPS) is 11.4. The van der Waals surface area contributed by atoms with Crippen molar-refractivity contribution in [2.24, 2.45) is 0 Å². The third kappa shape index (κ3) is 4.52. The van der Waals surface area contributed by atoms with E-state index in [0.29, 0.717) is 5.75 Å². The van der Waals surface area contributed by atoms with Crippen LogP contribution in [0.1, 0.15) is 11.1 Å². The molecular formula is C22H23NO4S. The predicted molar refractivity (Wildman–Crippen MR) is 109 cm³/mol. The summed E-state index contributed by atoms with van der Waals surface area (Å²) in [6, 6.07) is 23.8. The van der Waals surface area contributed by atoms with E-state index < -0.39 is 10.0 Å². The highest BCUT2D eigenvalue weighted by molar-refractivity contribution is 7.89. The van der Waals surface area contributed by atoms with Crippen molar-refractivity contribution in [2.75, 3.05) is 14.2 Å². The molecule has 3 aromatic rings. The fourth-order valence-electron chi connectivity index (χ4n) is 2.92. The Morgan fingerprint density at radius 1 is 0.750 bits per heavy atom. The number of nitrogens with zero attached hydrogens (tertiary/aromatic N) is 1. The maximum Gasteiger partial charge on any atom is 0.247 e. The lowest BCUT2D eigenvalue weighted by molar-refractivity contribution is 0.377. The van der Waals surface area contributed by atoms with E-state index in [1.165, 1.54) is 24.6 Å². The summed E-state index contributed by atoms with van der Waals surface area (Å²) < 4.78 is 39.2. The molecule has 0 aliphatic carbocycles. The van der Waals surface area contributed by atoms with Crippen molar-refractivity contribution in [2.45, 2.75) is 18.0 Å². The lowest BCUT2D eigenvalue weighted by Gasteiger charge is -2.24. The number of benzene rings is 3. The zero-order valence-electron chi connectivity index (χ0n) is 15.9. The van der Waals surface area contributed by atoms with Gasteiger partial charge in [0, 0.05) is 19.2 Å². The second-order valence-corrected chi connectivity index (χ2v) is 8.17. The smallest absolute Gasteiger partial charge is 0.247 e. The molecule has 0 radical (unpaired) electrons. The van der Waals surface area contributed by atoms with Gasteiger partial charge in [0.2, 0.25) is 10.0 Å². The van der Waals surface area contributed by atoms with Crippen LogP contribution in [0.4, 0.5) is 0 Å². The van der Waals surface area contributed by atoms with Gasteiger partial charge in [0.25, 0.3) is 0 Å². The molecule has 0 fully saturated rings. The highest BCUT2D eigenvalue weighted by atomic mass is 32.2. The summed E-state index contributed by atoms with van der Waals surface area (Å²) in [4.78, 5) is 0.0845. The van der Waals surface area contributed by atoms with Gasteiger partial charge in [0.05, 0.1) is 14.2 Å². The van der Waals surface area contributed by atoms with Crippen molar-refractivity contribution >= 4 is 10.0 Å². The average Bonchev–Trinajstić information content (AvgIpc) is 2.74. The van der Waals surface area contributed by atoms with Crippen molar-refractivity contribution in [1.82, 2.24) is 4.31 Å². The lowest BCUT2D eigenvalue weighted by Crippen LogP contribution is -2.30. The summed E-state index contributed by atoms with van der Waals surface area (Å²) in [5.41, 5.74) is 1.81. The summed E-state index contributed by atoms with van der Waals surface area (Å²) in [6.45, 7) is 0.497. The monoisotopic (exact) mass is 397 g/mol. The Kier molecular flexibility index (Phi) is 6.34. The summed E-state index contributed by atoms with van der Waals surface area (Å²) in [6.07, 6.45) is 0. The van der Waals surface area contributed by atoms with Gasteiger partial charge < -0.3 is 9.47 Å². The van der Waals surface area contributed by atoms with Gasteiger partial charge in [0.1, 0.15) is 16.4 Å². The fraction of sp³-hybridized carbons (Fsp3) is 0.182. The third-order valence-corrected chi connectivity index (χ3v) is 6.21. The van der Waals surface area contributed by atoms with Gasteiger partial charge in [0.15, 0.2) is 0 Å². The van der Waals surface area contributed by atoms with E-state index in [0.717, 1.165) is 11.1 Å². The van der Waals surface area contributed by atoms with E-state index in [1.807, 2.05) is 60.7 Å². The van der Waals surface area contributed by atoms with Crippen molar-refractivity contribution < 1.29 is 17.9 Å². The first kappa shape index (κ1) is 19.9. The van der Waals surface area contributed by atoms with Crippen LogP contribution in [0, 0.1) is 0 Å². The molecule has 0 N–H and O–H groups in total. The van der Waals surface area contributed by atoms with Gasteiger partial charge >= 0.3 is 0 Å². The van der Waals surface area contributed by atoms with E-state index in [4.69, 9.17) is 9.47 Å². The van der Waals surface area contributed by atoms with Crippen LogP contribution in [-0.2, 0) is 23.1 Å². The Labute approximate surface area is 166 Å². The standard InChI is InChI=1S/C22H23NO4S/c1-26-20-13-14-21(27-2)22(15-20)28(24,25)23(16-18-9-5-3-6-10-18)17-19-11-7-4-8-12-19/h3-15H,16-17H2,1-2H3. The quantitative estimate of drug-likeness (QED) is 0.574. The summed E-state index contributed by atoms with van der Waals surface area (Å²) in [5, 5.41) is 0. The zero-order chi connectivity index (χ0) is 20.0. The van der Waals surface area contributed by atoms with Crippen LogP contribution in [0.15, 0.2) is 83.8 Å². The summed E-state index contributed by atoms with van der Waals surface area (Å²) in [5.74, 6) is 0.741. The minimum Gasteiger partial charge on any atom is -0.497 e. The molecule has 0 aromatic heterocycles. The van der Waals surface area contributed by atoms with Gasteiger partial charge in [-0.15, -0.1) is 0 Å². The first-order chi connectivity index (χ1) is 13.5. The Bertz CT molecular complexity index is 964. The Morgan fingerprint density at radius 2 is 1.29 bits per heavy atom. The van der Waals surface area contributed by atoms with Crippen molar-refractivity contribution in [1.29, 1.82) is 0 Å². The molecule has 0 unspecified atom stereocenters. The van der Waals surface area contributed by atoms with E-state index >= 15 is 0 Å². The van der Waals surface area contributed by atoms with Crippen LogP contribution < -0.4 is 9.47 Å². The number of hydrogen-bond donors (Lipinski definition) is 0. The van der Waals surface area contributed by atoms with E-state index in [9.17, 15) is 8.42 Å². The largest absolute Gasteiger partial charge is 0.497 e. The van der Waals surface area contributed by atoms with Crippen molar-refractivity contribution in [3.8, 4) is 11.5 Å². The third-order valence-electron chi connectivity index (χ3n) is 4.39. The van der Waals surface area contributed by atoms with Crippen molar-refractivity contribution in [3.05, 3.63) is 90.0 Å². The molecule has 0 atom stereocenters. The first-order valence-electron chi connectivity index (χ1n) is 8.84. The molecule has 0 amide bonds. The highest BCUT2D eigenvalue weighted by Gasteiger charge is 2.28. The molecule has 28 heavy (non-hydrogen) atoms.